The van der Waals surface area contributed by atoms with Crippen LogP contribution in [-0.4, -0.2) is 9.97 Å². The average molecular weight is 234 g/mol. The zero-order valence-electron chi connectivity index (χ0n) is 5.63. The van der Waals surface area contributed by atoms with Crippen molar-refractivity contribution in [2.75, 3.05) is 0 Å². The van der Waals surface area contributed by atoms with Crippen LogP contribution in [0.2, 0.25) is 0 Å². The van der Waals surface area contributed by atoms with Crippen molar-refractivity contribution in [1.82, 2.24) is 9.97 Å². The lowest BCUT2D eigenvalue weighted by atomic mass is 10.3. The van der Waals surface area contributed by atoms with E-state index in [9.17, 15) is 8.78 Å². The molecular weight excluding hydrogens is 232 g/mol. The van der Waals surface area contributed by atoms with Crippen molar-refractivity contribution in [3.05, 3.63) is 22.7 Å². The average Bonchev–Trinajstić information content (AvgIpc) is 2.05. The Bertz CT molecular complexity index is 317. The highest BCUT2D eigenvalue weighted by Crippen LogP contribution is 2.23. The van der Waals surface area contributed by atoms with Crippen LogP contribution in [0.25, 0.3) is 0 Å². The van der Waals surface area contributed by atoms with E-state index in [-0.39, 0.29) is 0 Å². The van der Waals surface area contributed by atoms with Gasteiger partial charge in [0.1, 0.15) is 6.07 Å². The Morgan fingerprint density at radius 2 is 1.92 bits per heavy atom. The molecule has 0 aromatic carbocycles. The van der Waals surface area contributed by atoms with Gasteiger partial charge in [-0.2, -0.15) is 14.0 Å². The molecule has 0 aliphatic heterocycles. The molecule has 0 aliphatic carbocycles. The highest BCUT2D eigenvalue weighted by atomic mass is 79.9. The number of alkyl halides is 2. The van der Waals surface area contributed by atoms with E-state index in [0.29, 0.717) is 4.47 Å². The second-order valence-electron chi connectivity index (χ2n) is 1.91. The van der Waals surface area contributed by atoms with Crippen molar-refractivity contribution in [3.8, 4) is 6.07 Å². The highest BCUT2D eigenvalue weighted by Gasteiger charge is 2.34. The van der Waals surface area contributed by atoms with Crippen LogP contribution in [0.1, 0.15) is 5.82 Å². The van der Waals surface area contributed by atoms with Gasteiger partial charge in [-0.3, -0.25) is 0 Å². The van der Waals surface area contributed by atoms with Gasteiger partial charge in [0.25, 0.3) is 0 Å². The number of nitriles is 1. The molecule has 0 atom stereocenters. The third-order valence-electron chi connectivity index (χ3n) is 1.04. The van der Waals surface area contributed by atoms with Crippen molar-refractivity contribution < 1.29 is 8.78 Å². The first kappa shape index (κ1) is 9.00. The maximum Gasteiger partial charge on any atom is 0.390 e. The van der Waals surface area contributed by atoms with Gasteiger partial charge in [-0.1, -0.05) is 0 Å². The molecule has 0 N–H and O–H groups in total. The number of nitrogens with zero attached hydrogens (tertiary/aromatic N) is 3. The minimum Gasteiger partial charge on any atom is -0.233 e. The van der Waals surface area contributed by atoms with E-state index in [2.05, 4.69) is 25.9 Å². The predicted molar refractivity (Wildman–Crippen MR) is 39.2 cm³/mol. The molecule has 0 amide bonds. The van der Waals surface area contributed by atoms with E-state index in [1.807, 2.05) is 0 Å². The molecule has 0 fully saturated rings. The monoisotopic (exact) mass is 233 g/mol. The molecule has 12 heavy (non-hydrogen) atoms. The maximum absolute atomic E-state index is 12.5. The predicted octanol–water partition coefficient (Wildman–Crippen LogP) is 1.85. The zero-order valence-corrected chi connectivity index (χ0v) is 7.22. The molecular formula is C6H2BrF2N3. The molecule has 3 nitrogen and oxygen atoms in total. The molecule has 0 radical (unpaired) electrons. The molecule has 0 unspecified atom stereocenters. The van der Waals surface area contributed by atoms with Gasteiger partial charge < -0.3 is 0 Å². The fourth-order valence-electron chi connectivity index (χ4n) is 0.524. The lowest BCUT2D eigenvalue weighted by Gasteiger charge is -2.03. The van der Waals surface area contributed by atoms with E-state index < -0.39 is 11.7 Å². The van der Waals surface area contributed by atoms with Crippen LogP contribution in [-0.2, 0) is 5.92 Å². The number of hydrogen-bond donors (Lipinski definition) is 0. The third kappa shape index (κ3) is 1.74. The normalized spacial score (nSPS) is 10.8. The Morgan fingerprint density at radius 3 is 2.33 bits per heavy atom. The van der Waals surface area contributed by atoms with Crippen LogP contribution >= 0.6 is 15.9 Å². The first-order valence-electron chi connectivity index (χ1n) is 2.83. The van der Waals surface area contributed by atoms with Gasteiger partial charge in [0.05, 0.1) is 4.47 Å². The zero-order chi connectivity index (χ0) is 9.19. The quantitative estimate of drug-likeness (QED) is 0.744. The van der Waals surface area contributed by atoms with Gasteiger partial charge in [0.2, 0.25) is 5.82 Å². The van der Waals surface area contributed by atoms with Crippen molar-refractivity contribution in [3.63, 3.8) is 0 Å². The summed E-state index contributed by atoms with van der Waals surface area (Å²) in [5, 5.41) is 8.03. The van der Waals surface area contributed by atoms with Gasteiger partial charge in [-0.15, -0.1) is 0 Å². The van der Waals surface area contributed by atoms with Gasteiger partial charge in [-0.25, -0.2) is 9.97 Å². The molecule has 0 saturated heterocycles. The Hall–Kier alpha value is -1.09. The van der Waals surface area contributed by atoms with Crippen LogP contribution < -0.4 is 0 Å². The van der Waals surface area contributed by atoms with Gasteiger partial charge in [0.15, 0.2) is 0 Å². The fourth-order valence-corrected chi connectivity index (χ4v) is 0.729. The fraction of sp³-hybridized carbons (Fsp3) is 0.167. The SMILES string of the molecule is N#CC(F)(F)c1ncc(Br)cn1. The van der Waals surface area contributed by atoms with Gasteiger partial charge >= 0.3 is 5.92 Å². The molecule has 0 aliphatic rings. The number of hydrogen-bond acceptors (Lipinski definition) is 3. The van der Waals surface area contributed by atoms with Crippen LogP contribution in [0.5, 0.6) is 0 Å². The van der Waals surface area contributed by atoms with Crippen molar-refractivity contribution in [2.45, 2.75) is 5.92 Å². The summed E-state index contributed by atoms with van der Waals surface area (Å²) in [5.74, 6) is -4.39. The molecule has 0 spiro atoms. The minimum absolute atomic E-state index is 0.486. The smallest absolute Gasteiger partial charge is 0.233 e. The number of halogens is 3. The second kappa shape index (κ2) is 3.11. The molecule has 0 bridgehead atoms. The van der Waals surface area contributed by atoms with E-state index in [1.54, 1.807) is 0 Å². The largest absolute Gasteiger partial charge is 0.390 e. The molecule has 1 aromatic heterocycles. The summed E-state index contributed by atoms with van der Waals surface area (Å²) >= 11 is 2.98. The Balaban J connectivity index is 3.07. The Labute approximate surface area is 75.2 Å². The topological polar surface area (TPSA) is 49.6 Å². The molecule has 6 heteroatoms. The molecule has 1 aromatic rings. The van der Waals surface area contributed by atoms with Crippen molar-refractivity contribution in [2.24, 2.45) is 0 Å². The second-order valence-corrected chi connectivity index (χ2v) is 2.83. The van der Waals surface area contributed by atoms with E-state index in [1.165, 1.54) is 0 Å². The molecule has 1 heterocycles. The summed E-state index contributed by atoms with van der Waals surface area (Å²) in [4.78, 5) is 6.58. The highest BCUT2D eigenvalue weighted by molar-refractivity contribution is 9.10. The summed E-state index contributed by atoms with van der Waals surface area (Å²) in [6.07, 6.45) is 2.32. The molecule has 1 rings (SSSR count). The third-order valence-corrected chi connectivity index (χ3v) is 1.45. The van der Waals surface area contributed by atoms with Crippen molar-refractivity contribution >= 4 is 15.9 Å². The van der Waals surface area contributed by atoms with E-state index >= 15 is 0 Å². The standard InChI is InChI=1S/C6H2BrF2N3/c7-4-1-11-5(12-2-4)6(8,9)3-10/h1-2H. The first-order chi connectivity index (χ1) is 5.56. The lowest BCUT2D eigenvalue weighted by molar-refractivity contribution is 0.0509. The number of rotatable bonds is 1. The maximum atomic E-state index is 12.5. The molecule has 0 saturated carbocycles. The summed E-state index contributed by atoms with van der Waals surface area (Å²) in [6, 6.07) is 0.803. The molecule has 62 valence electrons. The van der Waals surface area contributed by atoms with Gasteiger partial charge in [-0.05, 0) is 15.9 Å². The van der Waals surface area contributed by atoms with E-state index in [4.69, 9.17) is 5.26 Å². The van der Waals surface area contributed by atoms with Crippen LogP contribution in [0, 0.1) is 11.3 Å². The Kier molecular flexibility index (Phi) is 2.33. The lowest BCUT2D eigenvalue weighted by Crippen LogP contribution is -2.14. The van der Waals surface area contributed by atoms with E-state index in [0.717, 1.165) is 18.5 Å². The van der Waals surface area contributed by atoms with Crippen LogP contribution in [0.15, 0.2) is 16.9 Å². The minimum atomic E-state index is -3.61. The summed E-state index contributed by atoms with van der Waals surface area (Å²) in [5.41, 5.74) is 0. The van der Waals surface area contributed by atoms with Crippen LogP contribution in [0.3, 0.4) is 0 Å². The summed E-state index contributed by atoms with van der Waals surface area (Å²) in [6.45, 7) is 0. The summed E-state index contributed by atoms with van der Waals surface area (Å²) < 4.78 is 25.5. The van der Waals surface area contributed by atoms with Crippen LogP contribution in [0.4, 0.5) is 8.78 Å². The van der Waals surface area contributed by atoms with Gasteiger partial charge in [0, 0.05) is 12.4 Å². The van der Waals surface area contributed by atoms with Crippen molar-refractivity contribution in [1.29, 1.82) is 5.26 Å². The summed E-state index contributed by atoms with van der Waals surface area (Å²) in [7, 11) is 0. The Morgan fingerprint density at radius 1 is 1.42 bits per heavy atom. The number of aromatic nitrogens is 2. The first-order valence-corrected chi connectivity index (χ1v) is 3.62.